The van der Waals surface area contributed by atoms with Crippen molar-refractivity contribution in [1.82, 2.24) is 0 Å². The summed E-state index contributed by atoms with van der Waals surface area (Å²) in [5.74, 6) is 0.322. The molecule has 4 rings (SSSR count). The van der Waals surface area contributed by atoms with Crippen molar-refractivity contribution in [2.24, 2.45) is 28.1 Å². The molecule has 0 aromatic carbocycles. The van der Waals surface area contributed by atoms with Gasteiger partial charge in [-0.3, -0.25) is 4.79 Å². The Morgan fingerprint density at radius 1 is 1.22 bits per heavy atom. The van der Waals surface area contributed by atoms with Crippen LogP contribution in [-0.2, 0) is 9.53 Å². The molecule has 7 atom stereocenters. The second kappa shape index (κ2) is 4.41. The number of ether oxygens (including phenoxy) is 1. The molecule has 0 radical (unpaired) electrons. The minimum Gasteiger partial charge on any atom is -0.458 e. The van der Waals surface area contributed by atoms with Gasteiger partial charge in [0.2, 0.25) is 0 Å². The summed E-state index contributed by atoms with van der Waals surface area (Å²) < 4.78 is 6.20. The van der Waals surface area contributed by atoms with Gasteiger partial charge < -0.3 is 9.84 Å². The summed E-state index contributed by atoms with van der Waals surface area (Å²) in [6.45, 7) is 10.7. The molecule has 0 amide bonds. The molecule has 1 N–H and O–H groups in total. The summed E-state index contributed by atoms with van der Waals surface area (Å²) in [5, 5.41) is 11.0. The monoisotopic (exact) mass is 318 g/mol. The van der Waals surface area contributed by atoms with Gasteiger partial charge in [0.25, 0.3) is 0 Å². The molecule has 2 unspecified atom stereocenters. The number of aliphatic hydroxyl groups excluding tert-OH is 1. The van der Waals surface area contributed by atoms with E-state index < -0.39 is 17.1 Å². The first-order valence-electron chi connectivity index (χ1n) is 9.26. The Balaban J connectivity index is 1.81. The third-order valence-electron chi connectivity index (χ3n) is 8.37. The third-order valence-corrected chi connectivity index (χ3v) is 8.37. The molecule has 3 heteroatoms. The summed E-state index contributed by atoms with van der Waals surface area (Å²) >= 11 is 0. The van der Waals surface area contributed by atoms with Crippen molar-refractivity contribution in [1.29, 1.82) is 0 Å². The highest BCUT2D eigenvalue weighted by molar-refractivity contribution is 5.81. The number of esters is 1. The second-order valence-corrected chi connectivity index (χ2v) is 9.51. The molecule has 128 valence electrons. The number of carbonyl (C=O) groups excluding carboxylic acids is 1. The van der Waals surface area contributed by atoms with E-state index in [-0.39, 0.29) is 22.7 Å². The van der Waals surface area contributed by atoms with Crippen LogP contribution in [0.2, 0.25) is 0 Å². The molecule has 3 nitrogen and oxygen atoms in total. The lowest BCUT2D eigenvalue weighted by atomic mass is 9.42. The van der Waals surface area contributed by atoms with Crippen LogP contribution in [0.1, 0.15) is 65.7 Å². The highest BCUT2D eigenvalue weighted by atomic mass is 16.6. The van der Waals surface area contributed by atoms with Gasteiger partial charge in [-0.1, -0.05) is 19.9 Å². The second-order valence-electron chi connectivity index (χ2n) is 9.51. The van der Waals surface area contributed by atoms with Gasteiger partial charge in [0.15, 0.2) is 0 Å². The summed E-state index contributed by atoms with van der Waals surface area (Å²) in [4.78, 5) is 12.7. The molecule has 2 bridgehead atoms. The van der Waals surface area contributed by atoms with E-state index in [2.05, 4.69) is 26.5 Å². The molecule has 0 aromatic heterocycles. The Kier molecular flexibility index (Phi) is 3.01. The van der Waals surface area contributed by atoms with E-state index in [0.29, 0.717) is 5.92 Å². The van der Waals surface area contributed by atoms with Crippen LogP contribution in [0.15, 0.2) is 12.7 Å². The van der Waals surface area contributed by atoms with Crippen LogP contribution in [0.25, 0.3) is 0 Å². The third kappa shape index (κ3) is 1.67. The minimum absolute atomic E-state index is 0.00669. The van der Waals surface area contributed by atoms with Gasteiger partial charge in [0.1, 0.15) is 5.60 Å². The molecule has 4 aliphatic rings. The highest BCUT2D eigenvalue weighted by Crippen LogP contribution is 2.71. The van der Waals surface area contributed by atoms with Gasteiger partial charge in [-0.05, 0) is 63.2 Å². The molecular weight excluding hydrogens is 288 g/mol. The van der Waals surface area contributed by atoms with E-state index in [1.54, 1.807) is 0 Å². The van der Waals surface area contributed by atoms with Crippen molar-refractivity contribution in [2.45, 2.75) is 77.4 Å². The van der Waals surface area contributed by atoms with Crippen molar-refractivity contribution in [3.05, 3.63) is 12.7 Å². The van der Waals surface area contributed by atoms with Crippen molar-refractivity contribution in [3.8, 4) is 0 Å². The van der Waals surface area contributed by atoms with Gasteiger partial charge in [0.05, 0.1) is 11.5 Å². The summed E-state index contributed by atoms with van der Waals surface area (Å²) in [5.41, 5.74) is -0.784. The van der Waals surface area contributed by atoms with Crippen LogP contribution < -0.4 is 0 Å². The van der Waals surface area contributed by atoms with Gasteiger partial charge in [-0.15, -0.1) is 6.58 Å². The minimum atomic E-state index is -0.481. The molecule has 1 heterocycles. The number of fused-ring (bicyclic) bond motifs is 1. The maximum absolute atomic E-state index is 12.7. The topological polar surface area (TPSA) is 46.5 Å². The Bertz CT molecular complexity index is 571. The number of hydrogen-bond donors (Lipinski definition) is 1. The number of aliphatic hydroxyl groups is 1. The lowest BCUT2D eigenvalue weighted by Gasteiger charge is -2.63. The highest BCUT2D eigenvalue weighted by Gasteiger charge is 2.75. The van der Waals surface area contributed by atoms with E-state index in [1.165, 1.54) is 0 Å². The average Bonchev–Trinajstić information content (AvgIpc) is 2.64. The molecule has 23 heavy (non-hydrogen) atoms. The van der Waals surface area contributed by atoms with E-state index >= 15 is 0 Å². The zero-order chi connectivity index (χ0) is 16.7. The zero-order valence-corrected chi connectivity index (χ0v) is 14.7. The lowest BCUT2D eigenvalue weighted by molar-refractivity contribution is -0.228. The predicted octanol–water partition coefficient (Wildman–Crippen LogP) is 3.85. The van der Waals surface area contributed by atoms with Crippen LogP contribution in [0.5, 0.6) is 0 Å². The number of rotatable bonds is 1. The molecule has 0 spiro atoms. The van der Waals surface area contributed by atoms with Crippen LogP contribution in [0.4, 0.5) is 0 Å². The quantitative estimate of drug-likeness (QED) is 0.590. The smallest absolute Gasteiger partial charge is 0.312 e. The maximum atomic E-state index is 12.7. The first-order chi connectivity index (χ1) is 10.7. The Morgan fingerprint density at radius 2 is 1.96 bits per heavy atom. The Hall–Kier alpha value is -0.830. The maximum Gasteiger partial charge on any atom is 0.312 e. The fourth-order valence-corrected chi connectivity index (χ4v) is 6.82. The number of hydrogen-bond acceptors (Lipinski definition) is 3. The number of allylic oxidation sites excluding steroid dienone is 1. The molecular formula is C20H30O3. The van der Waals surface area contributed by atoms with Crippen molar-refractivity contribution in [2.75, 3.05) is 0 Å². The van der Waals surface area contributed by atoms with Crippen LogP contribution >= 0.6 is 0 Å². The summed E-state index contributed by atoms with van der Waals surface area (Å²) in [7, 11) is 0. The van der Waals surface area contributed by atoms with Gasteiger partial charge >= 0.3 is 5.97 Å². The van der Waals surface area contributed by atoms with Gasteiger partial charge in [-0.2, -0.15) is 0 Å². The SMILES string of the molecule is C=C[C@]1(C)CC[C@]2(C)C(C[C@@H](O)C3[C@]4(C)CCC[C@@]32OC4=O)C1. The Morgan fingerprint density at radius 3 is 2.65 bits per heavy atom. The summed E-state index contributed by atoms with van der Waals surface area (Å²) in [6.07, 6.45) is 8.51. The fraction of sp³-hybridized carbons (Fsp3) is 0.850. The molecule has 4 fully saturated rings. The largest absolute Gasteiger partial charge is 0.458 e. The average molecular weight is 318 g/mol. The van der Waals surface area contributed by atoms with Crippen molar-refractivity contribution >= 4 is 5.97 Å². The van der Waals surface area contributed by atoms with Crippen molar-refractivity contribution in [3.63, 3.8) is 0 Å². The van der Waals surface area contributed by atoms with Gasteiger partial charge in [0, 0.05) is 11.3 Å². The van der Waals surface area contributed by atoms with Crippen LogP contribution in [0.3, 0.4) is 0 Å². The summed E-state index contributed by atoms with van der Waals surface area (Å²) in [6, 6.07) is 0. The van der Waals surface area contributed by atoms with E-state index in [1.807, 2.05) is 6.92 Å². The lowest BCUT2D eigenvalue weighted by Crippen LogP contribution is -2.66. The van der Waals surface area contributed by atoms with Crippen molar-refractivity contribution < 1.29 is 14.6 Å². The van der Waals surface area contributed by atoms with Gasteiger partial charge in [-0.25, -0.2) is 0 Å². The molecule has 1 aliphatic heterocycles. The molecule has 0 aromatic rings. The zero-order valence-electron chi connectivity index (χ0n) is 14.7. The fourth-order valence-electron chi connectivity index (χ4n) is 6.82. The Labute approximate surface area is 139 Å². The first-order valence-corrected chi connectivity index (χ1v) is 9.26. The van der Waals surface area contributed by atoms with Crippen LogP contribution in [0, 0.1) is 28.1 Å². The molecule has 1 saturated heterocycles. The normalized spacial score (nSPS) is 58.1. The molecule has 3 aliphatic carbocycles. The first kappa shape index (κ1) is 15.7. The predicted molar refractivity (Wildman–Crippen MR) is 88.6 cm³/mol. The van der Waals surface area contributed by atoms with Crippen LogP contribution in [-0.4, -0.2) is 22.8 Å². The van der Waals surface area contributed by atoms with E-state index in [0.717, 1.165) is 44.9 Å². The molecule has 3 saturated carbocycles. The standard InChI is InChI=1S/C20H30O3/c1-5-17(2)9-10-19(4)13(12-17)11-14(21)15-18(3)7-6-8-20(15,19)23-16(18)22/h5,13-15,21H,1,6-12H2,2-4H3/t13?,14-,15?,17-,18+,19-,20-/m1/s1. The number of carbonyl (C=O) groups is 1. The van der Waals surface area contributed by atoms with E-state index in [9.17, 15) is 9.90 Å². The van der Waals surface area contributed by atoms with E-state index in [4.69, 9.17) is 4.74 Å².